The third kappa shape index (κ3) is 2.47. The second kappa shape index (κ2) is 3.93. The number of likely N-dealkylation sites (N-methyl/N-ethyl adjacent to an activating group) is 1. The van der Waals surface area contributed by atoms with Crippen molar-refractivity contribution in [3.8, 4) is 0 Å². The zero-order valence-electron chi connectivity index (χ0n) is 7.45. The maximum absolute atomic E-state index is 10.9. The average molecular weight is 184 g/mol. The number of ether oxygens (including phenoxy) is 1. The van der Waals surface area contributed by atoms with Crippen molar-refractivity contribution in [3.05, 3.63) is 12.7 Å². The zero-order valence-corrected chi connectivity index (χ0v) is 7.45. The first-order valence-corrected chi connectivity index (χ1v) is 3.95. The number of nitrogens with one attached hydrogen (secondary N) is 1. The van der Waals surface area contributed by atoms with Crippen molar-refractivity contribution in [2.45, 2.75) is 6.10 Å². The molecular weight excluding hydrogens is 172 g/mol. The minimum absolute atomic E-state index is 0.249. The molecule has 0 aromatic heterocycles. The number of cyclic esters (lactones) is 1. The van der Waals surface area contributed by atoms with Gasteiger partial charge in [0.2, 0.25) is 5.91 Å². The molecule has 1 aliphatic heterocycles. The highest BCUT2D eigenvalue weighted by Gasteiger charge is 2.27. The fraction of sp³-hybridized carbons (Fsp3) is 0.500. The number of carbonyl (C=O) groups excluding carboxylic acids is 2. The second-order valence-corrected chi connectivity index (χ2v) is 2.84. The van der Waals surface area contributed by atoms with Crippen molar-refractivity contribution in [1.82, 2.24) is 10.2 Å². The molecule has 2 amide bonds. The molecule has 72 valence electrons. The quantitative estimate of drug-likeness (QED) is 0.615. The minimum atomic E-state index is -0.349. The van der Waals surface area contributed by atoms with E-state index < -0.39 is 0 Å². The van der Waals surface area contributed by atoms with Gasteiger partial charge in [0.1, 0.15) is 6.10 Å². The summed E-state index contributed by atoms with van der Waals surface area (Å²) in [6, 6.07) is 0. The van der Waals surface area contributed by atoms with Gasteiger partial charge in [-0.05, 0) is 6.08 Å². The predicted molar refractivity (Wildman–Crippen MR) is 46.1 cm³/mol. The van der Waals surface area contributed by atoms with E-state index in [9.17, 15) is 9.59 Å². The fourth-order valence-corrected chi connectivity index (χ4v) is 1.04. The van der Waals surface area contributed by atoms with E-state index in [0.717, 1.165) is 0 Å². The van der Waals surface area contributed by atoms with Crippen LogP contribution in [0.15, 0.2) is 12.7 Å². The molecule has 1 fully saturated rings. The molecule has 1 atom stereocenters. The van der Waals surface area contributed by atoms with Gasteiger partial charge in [-0.1, -0.05) is 6.58 Å². The van der Waals surface area contributed by atoms with Crippen LogP contribution in [0.25, 0.3) is 0 Å². The van der Waals surface area contributed by atoms with Crippen LogP contribution < -0.4 is 5.32 Å². The largest absolute Gasteiger partial charge is 0.442 e. The lowest BCUT2D eigenvalue weighted by Crippen LogP contribution is -2.33. The highest BCUT2D eigenvalue weighted by atomic mass is 16.6. The van der Waals surface area contributed by atoms with Crippen LogP contribution in [0.1, 0.15) is 0 Å². The third-order valence-corrected chi connectivity index (χ3v) is 1.75. The summed E-state index contributed by atoms with van der Waals surface area (Å²) in [5, 5.41) is 2.55. The number of nitrogens with zero attached hydrogens (tertiary/aromatic N) is 1. The van der Waals surface area contributed by atoms with Crippen molar-refractivity contribution in [2.24, 2.45) is 0 Å². The summed E-state index contributed by atoms with van der Waals surface area (Å²) >= 11 is 0. The number of amides is 2. The molecule has 1 rings (SSSR count). The molecule has 0 radical (unpaired) electrons. The maximum Gasteiger partial charge on any atom is 0.410 e. The zero-order chi connectivity index (χ0) is 9.84. The molecule has 5 heteroatoms. The number of rotatable bonds is 3. The molecule has 0 aromatic rings. The van der Waals surface area contributed by atoms with Crippen molar-refractivity contribution >= 4 is 12.0 Å². The van der Waals surface area contributed by atoms with Crippen molar-refractivity contribution in [2.75, 3.05) is 20.1 Å². The van der Waals surface area contributed by atoms with E-state index in [1.807, 2.05) is 0 Å². The van der Waals surface area contributed by atoms with E-state index >= 15 is 0 Å². The van der Waals surface area contributed by atoms with Gasteiger partial charge in [-0.15, -0.1) is 0 Å². The topological polar surface area (TPSA) is 58.6 Å². The van der Waals surface area contributed by atoms with E-state index in [2.05, 4.69) is 11.9 Å². The SMILES string of the molecule is C=CC(=O)NC[C@@H]1CN(C)C(=O)O1. The standard InChI is InChI=1S/C8H12N2O3/c1-3-7(11)9-4-6-5-10(2)8(12)13-6/h3,6H,1,4-5H2,2H3,(H,9,11)/t6-/m1/s1. The molecule has 0 aliphatic carbocycles. The van der Waals surface area contributed by atoms with Crippen LogP contribution in [0.5, 0.6) is 0 Å². The Hall–Kier alpha value is -1.52. The molecule has 1 heterocycles. The van der Waals surface area contributed by atoms with Crippen molar-refractivity contribution < 1.29 is 14.3 Å². The minimum Gasteiger partial charge on any atom is -0.442 e. The molecule has 0 aromatic carbocycles. The molecule has 13 heavy (non-hydrogen) atoms. The Morgan fingerprint density at radius 3 is 3.08 bits per heavy atom. The van der Waals surface area contributed by atoms with Crippen LogP contribution in [-0.4, -0.2) is 43.1 Å². The molecule has 0 spiro atoms. The Balaban J connectivity index is 2.28. The normalized spacial score (nSPS) is 21.2. The van der Waals surface area contributed by atoms with Gasteiger partial charge in [-0.2, -0.15) is 0 Å². The van der Waals surface area contributed by atoms with Crippen LogP contribution >= 0.6 is 0 Å². The van der Waals surface area contributed by atoms with Gasteiger partial charge in [0, 0.05) is 7.05 Å². The van der Waals surface area contributed by atoms with Gasteiger partial charge >= 0.3 is 6.09 Å². The lowest BCUT2D eigenvalue weighted by Gasteiger charge is -2.07. The van der Waals surface area contributed by atoms with Crippen LogP contribution in [0, 0.1) is 0 Å². The molecule has 1 saturated heterocycles. The highest BCUT2D eigenvalue weighted by Crippen LogP contribution is 2.07. The Labute approximate surface area is 76.3 Å². The molecule has 0 saturated carbocycles. The van der Waals surface area contributed by atoms with E-state index in [0.29, 0.717) is 13.1 Å². The van der Waals surface area contributed by atoms with Gasteiger partial charge < -0.3 is 15.0 Å². The summed E-state index contributed by atoms with van der Waals surface area (Å²) in [4.78, 5) is 23.1. The molecule has 1 aliphatic rings. The van der Waals surface area contributed by atoms with Gasteiger partial charge in [0.05, 0.1) is 13.1 Å². The molecule has 5 nitrogen and oxygen atoms in total. The lowest BCUT2D eigenvalue weighted by molar-refractivity contribution is -0.116. The summed E-state index contributed by atoms with van der Waals surface area (Å²) in [5.74, 6) is -0.259. The fourth-order valence-electron chi connectivity index (χ4n) is 1.04. The van der Waals surface area contributed by atoms with Crippen LogP contribution in [0.2, 0.25) is 0 Å². The Morgan fingerprint density at radius 1 is 1.92 bits per heavy atom. The van der Waals surface area contributed by atoms with Crippen LogP contribution in [-0.2, 0) is 9.53 Å². The summed E-state index contributed by atoms with van der Waals surface area (Å²) in [7, 11) is 1.65. The van der Waals surface area contributed by atoms with E-state index in [1.165, 1.54) is 11.0 Å². The van der Waals surface area contributed by atoms with E-state index in [4.69, 9.17) is 4.74 Å². The Kier molecular flexibility index (Phi) is 2.89. The summed E-state index contributed by atoms with van der Waals surface area (Å²) in [5.41, 5.74) is 0. The van der Waals surface area contributed by atoms with Crippen LogP contribution in [0.4, 0.5) is 4.79 Å². The first-order chi connectivity index (χ1) is 6.13. The molecule has 1 N–H and O–H groups in total. The molecular formula is C8H12N2O3. The highest BCUT2D eigenvalue weighted by molar-refractivity contribution is 5.86. The monoisotopic (exact) mass is 184 g/mol. The summed E-state index contributed by atoms with van der Waals surface area (Å²) in [6.45, 7) is 4.15. The Bertz CT molecular complexity index is 240. The third-order valence-electron chi connectivity index (χ3n) is 1.75. The van der Waals surface area contributed by atoms with Gasteiger partial charge in [-0.3, -0.25) is 4.79 Å². The smallest absolute Gasteiger partial charge is 0.410 e. The second-order valence-electron chi connectivity index (χ2n) is 2.84. The number of hydrogen-bond acceptors (Lipinski definition) is 3. The summed E-state index contributed by atoms with van der Waals surface area (Å²) < 4.78 is 4.91. The van der Waals surface area contributed by atoms with E-state index in [-0.39, 0.29) is 18.1 Å². The molecule has 0 unspecified atom stereocenters. The van der Waals surface area contributed by atoms with Gasteiger partial charge in [0.25, 0.3) is 0 Å². The van der Waals surface area contributed by atoms with Crippen LogP contribution in [0.3, 0.4) is 0 Å². The Morgan fingerprint density at radius 2 is 2.62 bits per heavy atom. The van der Waals surface area contributed by atoms with Gasteiger partial charge in [-0.25, -0.2) is 4.79 Å². The number of carbonyl (C=O) groups is 2. The van der Waals surface area contributed by atoms with Crippen molar-refractivity contribution in [1.29, 1.82) is 0 Å². The summed E-state index contributed by atoms with van der Waals surface area (Å²) in [6.07, 6.45) is 0.583. The van der Waals surface area contributed by atoms with E-state index in [1.54, 1.807) is 7.05 Å². The first kappa shape index (κ1) is 9.57. The number of hydrogen-bond donors (Lipinski definition) is 1. The maximum atomic E-state index is 10.9. The van der Waals surface area contributed by atoms with Gasteiger partial charge in [0.15, 0.2) is 0 Å². The lowest BCUT2D eigenvalue weighted by atomic mass is 10.3. The average Bonchev–Trinajstić information content (AvgIpc) is 2.42. The first-order valence-electron chi connectivity index (χ1n) is 3.95. The predicted octanol–water partition coefficient (Wildman–Crippen LogP) is -0.261. The van der Waals surface area contributed by atoms with Crippen molar-refractivity contribution in [3.63, 3.8) is 0 Å². The molecule has 0 bridgehead atoms.